The zero-order valence-corrected chi connectivity index (χ0v) is 17.1. The Balaban J connectivity index is 1.44. The van der Waals surface area contributed by atoms with Gasteiger partial charge in [-0.25, -0.2) is 0 Å². The molecule has 0 spiro atoms. The van der Waals surface area contributed by atoms with Crippen molar-refractivity contribution < 1.29 is 19.0 Å². The molecule has 0 unspecified atom stereocenters. The first-order valence-electron chi connectivity index (χ1n) is 10.5. The van der Waals surface area contributed by atoms with E-state index >= 15 is 0 Å². The van der Waals surface area contributed by atoms with E-state index < -0.39 is 5.91 Å². The molecule has 158 valence electrons. The number of hydrogen-bond donors (Lipinski definition) is 3. The molecular weight excluding hydrogens is 380 g/mol. The minimum absolute atomic E-state index is 0.0732. The highest BCUT2D eigenvalue weighted by atomic mass is 16.2. The topological polar surface area (TPSA) is 91.2 Å². The second kappa shape index (κ2) is 11.1. The van der Waals surface area contributed by atoms with Crippen LogP contribution < -0.4 is 20.7 Å². The van der Waals surface area contributed by atoms with E-state index in [9.17, 15) is 14.4 Å². The minimum Gasteiger partial charge on any atom is -0.321 e. The lowest BCUT2D eigenvalue weighted by molar-refractivity contribution is -0.684. The molecular formula is C23H29N4O3+. The van der Waals surface area contributed by atoms with Crippen molar-refractivity contribution >= 4 is 23.4 Å². The average molecular weight is 410 g/mol. The Morgan fingerprint density at radius 2 is 1.67 bits per heavy atom. The van der Waals surface area contributed by atoms with Crippen LogP contribution in [0.4, 0.5) is 5.69 Å². The highest BCUT2D eigenvalue weighted by molar-refractivity contribution is 5.95. The molecule has 1 saturated carbocycles. The van der Waals surface area contributed by atoms with Crippen LogP contribution in [0.3, 0.4) is 0 Å². The van der Waals surface area contributed by atoms with E-state index in [-0.39, 0.29) is 18.4 Å². The van der Waals surface area contributed by atoms with Gasteiger partial charge in [-0.15, -0.1) is 0 Å². The van der Waals surface area contributed by atoms with Crippen LogP contribution in [0.15, 0.2) is 54.9 Å². The Kier molecular flexibility index (Phi) is 7.94. The Labute approximate surface area is 176 Å². The van der Waals surface area contributed by atoms with Gasteiger partial charge in [0, 0.05) is 18.2 Å². The number of rotatable bonds is 7. The van der Waals surface area contributed by atoms with Gasteiger partial charge in [0.15, 0.2) is 12.4 Å². The van der Waals surface area contributed by atoms with Crippen molar-refractivity contribution in [1.82, 2.24) is 10.9 Å². The molecule has 0 aliphatic heterocycles. The molecule has 7 nitrogen and oxygen atoms in total. The number of hydrazine groups is 1. The summed E-state index contributed by atoms with van der Waals surface area (Å²) < 4.78 is 1.62. The molecule has 0 radical (unpaired) electrons. The van der Waals surface area contributed by atoms with Crippen LogP contribution in [0, 0.1) is 5.92 Å². The highest BCUT2D eigenvalue weighted by Gasteiger charge is 2.17. The zero-order chi connectivity index (χ0) is 21.2. The van der Waals surface area contributed by atoms with Crippen molar-refractivity contribution in [3.8, 4) is 0 Å². The van der Waals surface area contributed by atoms with Crippen molar-refractivity contribution in [3.05, 3.63) is 60.4 Å². The summed E-state index contributed by atoms with van der Waals surface area (Å²) in [5.41, 5.74) is 6.02. The SMILES string of the molecule is O=C(CCC1CCCCC1)NNC(=O)c1ccc[n+](CC(=O)Nc2ccccc2)c1. The van der Waals surface area contributed by atoms with Crippen LogP contribution in [0.5, 0.6) is 0 Å². The monoisotopic (exact) mass is 409 g/mol. The summed E-state index contributed by atoms with van der Waals surface area (Å²) in [6, 6.07) is 12.5. The van der Waals surface area contributed by atoms with E-state index in [1.165, 1.54) is 32.1 Å². The number of para-hydroxylation sites is 1. The lowest BCUT2D eigenvalue weighted by Gasteiger charge is -2.20. The van der Waals surface area contributed by atoms with Gasteiger partial charge < -0.3 is 5.32 Å². The van der Waals surface area contributed by atoms with Crippen LogP contribution in [0.1, 0.15) is 55.3 Å². The molecule has 1 aliphatic carbocycles. The van der Waals surface area contributed by atoms with Crippen molar-refractivity contribution in [2.24, 2.45) is 5.92 Å². The minimum atomic E-state index is -0.418. The Hall–Kier alpha value is -3.22. The van der Waals surface area contributed by atoms with Crippen molar-refractivity contribution in [2.45, 2.75) is 51.5 Å². The molecule has 0 bridgehead atoms. The van der Waals surface area contributed by atoms with E-state index in [2.05, 4.69) is 16.2 Å². The number of nitrogens with one attached hydrogen (secondary N) is 3. The molecule has 1 heterocycles. The first kappa shape index (κ1) is 21.5. The van der Waals surface area contributed by atoms with Gasteiger partial charge >= 0.3 is 0 Å². The number of amides is 3. The number of benzene rings is 1. The van der Waals surface area contributed by atoms with Crippen LogP contribution >= 0.6 is 0 Å². The van der Waals surface area contributed by atoms with Gasteiger partial charge in [0.1, 0.15) is 5.56 Å². The van der Waals surface area contributed by atoms with Crippen molar-refractivity contribution in [1.29, 1.82) is 0 Å². The van der Waals surface area contributed by atoms with Gasteiger partial charge in [-0.05, 0) is 30.5 Å². The summed E-state index contributed by atoms with van der Waals surface area (Å²) >= 11 is 0. The summed E-state index contributed by atoms with van der Waals surface area (Å²) in [4.78, 5) is 36.6. The van der Waals surface area contributed by atoms with E-state index in [0.29, 0.717) is 23.6 Å². The summed E-state index contributed by atoms with van der Waals surface area (Å²) in [7, 11) is 0. The van der Waals surface area contributed by atoms with Crippen molar-refractivity contribution in [3.63, 3.8) is 0 Å². The fourth-order valence-corrected chi connectivity index (χ4v) is 3.71. The van der Waals surface area contributed by atoms with E-state index in [1.54, 1.807) is 29.1 Å². The number of carbonyl (C=O) groups excluding carboxylic acids is 3. The second-order valence-electron chi connectivity index (χ2n) is 7.72. The molecule has 3 N–H and O–H groups in total. The maximum absolute atomic E-state index is 12.3. The molecule has 1 fully saturated rings. The van der Waals surface area contributed by atoms with Crippen LogP contribution in [-0.4, -0.2) is 17.7 Å². The summed E-state index contributed by atoms with van der Waals surface area (Å²) in [6.07, 6.45) is 10.8. The van der Waals surface area contributed by atoms with E-state index in [1.807, 2.05) is 30.3 Å². The maximum Gasteiger partial charge on any atom is 0.290 e. The number of hydrogen-bond acceptors (Lipinski definition) is 3. The first-order chi connectivity index (χ1) is 14.6. The fraction of sp³-hybridized carbons (Fsp3) is 0.391. The Morgan fingerprint density at radius 3 is 2.43 bits per heavy atom. The smallest absolute Gasteiger partial charge is 0.290 e. The van der Waals surface area contributed by atoms with Crippen LogP contribution in [-0.2, 0) is 16.1 Å². The summed E-state index contributed by atoms with van der Waals surface area (Å²) in [5.74, 6) is -0.172. The Bertz CT molecular complexity index is 864. The summed E-state index contributed by atoms with van der Waals surface area (Å²) in [5, 5.41) is 2.80. The predicted molar refractivity (Wildman–Crippen MR) is 113 cm³/mol. The molecule has 1 aromatic carbocycles. The highest BCUT2D eigenvalue weighted by Crippen LogP contribution is 2.27. The van der Waals surface area contributed by atoms with Gasteiger partial charge in [-0.3, -0.25) is 25.2 Å². The van der Waals surface area contributed by atoms with Gasteiger partial charge in [0.25, 0.3) is 11.8 Å². The molecule has 30 heavy (non-hydrogen) atoms. The molecule has 7 heteroatoms. The number of aromatic nitrogens is 1. The molecule has 1 aromatic heterocycles. The van der Waals surface area contributed by atoms with Gasteiger partial charge in [-0.2, -0.15) is 4.57 Å². The number of nitrogens with zero attached hydrogens (tertiary/aromatic N) is 1. The van der Waals surface area contributed by atoms with Crippen LogP contribution in [0.25, 0.3) is 0 Å². The third kappa shape index (κ3) is 6.99. The zero-order valence-electron chi connectivity index (χ0n) is 17.1. The third-order valence-corrected chi connectivity index (χ3v) is 5.32. The lowest BCUT2D eigenvalue weighted by atomic mass is 9.86. The van der Waals surface area contributed by atoms with Gasteiger partial charge in [0.05, 0.1) is 0 Å². The molecule has 0 saturated heterocycles. The van der Waals surface area contributed by atoms with E-state index in [4.69, 9.17) is 0 Å². The second-order valence-corrected chi connectivity index (χ2v) is 7.72. The first-order valence-corrected chi connectivity index (χ1v) is 10.5. The normalized spacial score (nSPS) is 14.0. The van der Waals surface area contributed by atoms with Gasteiger partial charge in [-0.1, -0.05) is 50.3 Å². The number of anilines is 1. The quantitative estimate of drug-likeness (QED) is 0.485. The number of pyridine rings is 1. The predicted octanol–water partition coefficient (Wildman–Crippen LogP) is 2.73. The molecule has 3 amide bonds. The third-order valence-electron chi connectivity index (χ3n) is 5.32. The molecule has 0 atom stereocenters. The van der Waals surface area contributed by atoms with E-state index in [0.717, 1.165) is 6.42 Å². The maximum atomic E-state index is 12.3. The number of carbonyl (C=O) groups is 3. The van der Waals surface area contributed by atoms with Crippen molar-refractivity contribution in [2.75, 3.05) is 5.32 Å². The summed E-state index contributed by atoms with van der Waals surface area (Å²) in [6.45, 7) is 0.0732. The largest absolute Gasteiger partial charge is 0.321 e. The average Bonchev–Trinajstić information content (AvgIpc) is 2.77. The van der Waals surface area contributed by atoms with Gasteiger partial charge in [0.2, 0.25) is 12.5 Å². The molecule has 3 rings (SSSR count). The standard InChI is InChI=1S/C23H28N4O3/c28-21(14-13-18-8-3-1-4-9-18)25-26-23(30)19-10-7-15-27(16-19)17-22(29)24-20-11-5-2-6-12-20/h2,5-7,10-12,15-16,18H,1,3-4,8-9,13-14,17H2,(H2-,24,25,26,28,29,30)/p+1. The fourth-order valence-electron chi connectivity index (χ4n) is 3.71. The van der Waals surface area contributed by atoms with Crippen LogP contribution in [0.2, 0.25) is 0 Å². The molecule has 1 aliphatic rings. The Morgan fingerprint density at radius 1 is 0.900 bits per heavy atom. The molecule has 2 aromatic rings. The lowest BCUT2D eigenvalue weighted by Crippen LogP contribution is -2.44.